The molecule has 0 saturated heterocycles. The highest BCUT2D eigenvalue weighted by atomic mass is 35.5. The van der Waals surface area contributed by atoms with Gasteiger partial charge in [0.2, 0.25) is 5.67 Å². The monoisotopic (exact) mass is 800 g/mol. The minimum Gasteiger partial charge on any atom is -0.479 e. The molecule has 0 aliphatic rings. The van der Waals surface area contributed by atoms with Gasteiger partial charge in [-0.2, -0.15) is 0 Å². The quantitative estimate of drug-likeness (QED) is 0.0666. The summed E-state index contributed by atoms with van der Waals surface area (Å²) in [6, 6.07) is 20.2. The van der Waals surface area contributed by atoms with Gasteiger partial charge in [0.25, 0.3) is 5.67 Å². The van der Waals surface area contributed by atoms with E-state index >= 15 is 0 Å². The van der Waals surface area contributed by atoms with Crippen molar-refractivity contribution in [3.8, 4) is 0 Å². The van der Waals surface area contributed by atoms with Crippen LogP contribution in [-0.4, -0.2) is 65.2 Å². The number of aromatic nitrogens is 2. The van der Waals surface area contributed by atoms with Crippen molar-refractivity contribution in [3.63, 3.8) is 0 Å². The molecule has 2 aromatic heterocycles. The van der Waals surface area contributed by atoms with Crippen LogP contribution in [0.5, 0.6) is 0 Å². The minimum absolute atomic E-state index is 0.0511. The van der Waals surface area contributed by atoms with Gasteiger partial charge in [0.1, 0.15) is 11.4 Å². The number of hydrogen-bond donors (Lipinski definition) is 2. The zero-order valence-electron chi connectivity index (χ0n) is 28.7. The van der Waals surface area contributed by atoms with E-state index in [-0.39, 0.29) is 40.0 Å². The van der Waals surface area contributed by atoms with E-state index in [2.05, 4.69) is 34.2 Å². The number of carbonyl (C=O) groups is 2. The lowest BCUT2D eigenvalue weighted by Crippen LogP contribution is -2.36. The van der Waals surface area contributed by atoms with E-state index in [1.54, 1.807) is 0 Å². The molecule has 0 fully saturated rings. The van der Waals surface area contributed by atoms with E-state index in [4.69, 9.17) is 42.5 Å². The highest BCUT2D eigenvalue weighted by Gasteiger charge is 2.44. The predicted octanol–water partition coefficient (Wildman–Crippen LogP) is 9.71. The molecule has 284 valence electrons. The van der Waals surface area contributed by atoms with Crippen molar-refractivity contribution in [2.75, 3.05) is 33.0 Å². The summed E-state index contributed by atoms with van der Waals surface area (Å²) in [5.74, 6) is -3.16. The topological polar surface area (TPSA) is 128 Å². The first-order valence-electron chi connectivity index (χ1n) is 16.9. The number of ether oxygens (including phenoxy) is 3. The number of carboxylic acid groups (broad SMARTS) is 2. The second-order valence-electron chi connectivity index (χ2n) is 11.8. The third-order valence-corrected chi connectivity index (χ3v) is 9.89. The normalized spacial score (nSPS) is 13.5. The third-order valence-electron chi connectivity index (χ3n) is 7.93. The molecule has 0 saturated carbocycles. The van der Waals surface area contributed by atoms with E-state index in [9.17, 15) is 23.5 Å². The Morgan fingerprint density at radius 2 is 1.10 bits per heavy atom. The van der Waals surface area contributed by atoms with Crippen LogP contribution in [-0.2, 0) is 48.2 Å². The lowest BCUT2D eigenvalue weighted by Gasteiger charge is -2.18. The van der Waals surface area contributed by atoms with Crippen LogP contribution < -0.4 is 0 Å². The summed E-state index contributed by atoms with van der Waals surface area (Å²) >= 11 is 13.3. The molecule has 0 amide bonds. The number of alkyl halides is 2. The average molecular weight is 802 g/mol. The van der Waals surface area contributed by atoms with Crippen LogP contribution in [0.2, 0.25) is 8.93 Å². The van der Waals surface area contributed by atoms with Gasteiger partial charge in [-0.05, 0) is 36.8 Å². The van der Waals surface area contributed by atoms with E-state index in [0.29, 0.717) is 26.2 Å². The molecule has 2 heterocycles. The van der Waals surface area contributed by atoms with Crippen molar-refractivity contribution in [1.82, 2.24) is 9.97 Å². The van der Waals surface area contributed by atoms with Crippen molar-refractivity contribution in [1.29, 1.82) is 0 Å². The van der Waals surface area contributed by atoms with Crippen molar-refractivity contribution in [2.45, 2.75) is 75.7 Å². The fourth-order valence-corrected chi connectivity index (χ4v) is 6.65. The van der Waals surface area contributed by atoms with Crippen LogP contribution in [0.3, 0.4) is 0 Å². The van der Waals surface area contributed by atoms with Crippen LogP contribution in [0.25, 0.3) is 0 Å². The van der Waals surface area contributed by atoms with Gasteiger partial charge in [0.15, 0.2) is 8.93 Å². The van der Waals surface area contributed by atoms with Crippen molar-refractivity contribution in [2.24, 2.45) is 0 Å². The summed E-state index contributed by atoms with van der Waals surface area (Å²) in [5.41, 5.74) is -3.06. The number of halogens is 4. The van der Waals surface area contributed by atoms with Crippen molar-refractivity contribution < 1.29 is 42.8 Å². The van der Waals surface area contributed by atoms with Crippen LogP contribution in [0, 0.1) is 0 Å². The van der Waals surface area contributed by atoms with E-state index < -0.39 is 29.9 Å². The molecule has 52 heavy (non-hydrogen) atoms. The van der Waals surface area contributed by atoms with Gasteiger partial charge in [-0.3, -0.25) is 0 Å². The number of unbranched alkanes of at least 4 members (excludes halogenated alkanes) is 6. The van der Waals surface area contributed by atoms with Gasteiger partial charge in [0, 0.05) is 10.8 Å². The summed E-state index contributed by atoms with van der Waals surface area (Å²) in [6.07, 6.45) is 8.04. The smallest absolute Gasteiger partial charge is 0.350 e. The molecule has 0 bridgehead atoms. The minimum atomic E-state index is -2.73. The van der Waals surface area contributed by atoms with Crippen LogP contribution in [0.4, 0.5) is 8.78 Å². The van der Waals surface area contributed by atoms with Crippen molar-refractivity contribution in [3.05, 3.63) is 103 Å². The number of thiazole rings is 2. The summed E-state index contributed by atoms with van der Waals surface area (Å²) in [6.45, 7) is 0.847. The maximum Gasteiger partial charge on any atom is 0.350 e. The molecule has 15 heteroatoms. The van der Waals surface area contributed by atoms with Gasteiger partial charge in [0.05, 0.1) is 39.6 Å². The summed E-state index contributed by atoms with van der Waals surface area (Å²) < 4.78 is 45.5. The Bertz CT molecular complexity index is 1490. The largest absolute Gasteiger partial charge is 0.479 e. The first-order chi connectivity index (χ1) is 25.0. The Kier molecular flexibility index (Phi) is 19.7. The Balaban J connectivity index is 0.000000280. The van der Waals surface area contributed by atoms with Gasteiger partial charge in [-0.1, -0.05) is 116 Å². The maximum absolute atomic E-state index is 14.8. The summed E-state index contributed by atoms with van der Waals surface area (Å²) in [7, 11) is 0. The lowest BCUT2D eigenvalue weighted by atomic mass is 9.94. The molecule has 4 rings (SSSR count). The van der Waals surface area contributed by atoms with E-state index in [1.165, 1.54) is 29.2 Å². The SMILES string of the molecule is O=C(O)C(F)(CCCCCCCCCc1ccccc1)c1csc(Cl)n1.O=C(O)C(F)(COCCOCCOCc1ccccc1)c1csc(Cl)n1. The fourth-order valence-electron chi connectivity index (χ4n) is 5.00. The molecule has 0 radical (unpaired) electrons. The molecule has 0 aliphatic carbocycles. The molecule has 4 aromatic rings. The molecule has 2 unspecified atom stereocenters. The first-order valence-corrected chi connectivity index (χ1v) is 19.4. The molecule has 9 nitrogen and oxygen atoms in total. The van der Waals surface area contributed by atoms with E-state index in [1.807, 2.05) is 36.4 Å². The van der Waals surface area contributed by atoms with Gasteiger partial charge in [-0.15, -0.1) is 22.7 Å². The van der Waals surface area contributed by atoms with Crippen LogP contribution >= 0.6 is 45.9 Å². The summed E-state index contributed by atoms with van der Waals surface area (Å²) in [4.78, 5) is 30.0. The third kappa shape index (κ3) is 15.1. The second-order valence-corrected chi connectivity index (χ2v) is 14.7. The molecule has 0 aliphatic heterocycles. The van der Waals surface area contributed by atoms with Crippen LogP contribution in [0.1, 0.15) is 73.9 Å². The zero-order valence-corrected chi connectivity index (χ0v) is 31.8. The Morgan fingerprint density at radius 1 is 0.635 bits per heavy atom. The number of nitrogens with zero attached hydrogens (tertiary/aromatic N) is 2. The maximum atomic E-state index is 14.8. The Labute approximate surface area is 320 Å². The molecule has 0 spiro atoms. The molecular formula is C37H44Cl2F2N2O7S2. The Morgan fingerprint density at radius 3 is 1.62 bits per heavy atom. The number of carboxylic acids is 2. The fraction of sp³-hybridized carbons (Fsp3) is 0.459. The summed E-state index contributed by atoms with van der Waals surface area (Å²) in [5, 5.41) is 21.0. The predicted molar refractivity (Wildman–Crippen MR) is 200 cm³/mol. The molecule has 2 atom stereocenters. The molecular weight excluding hydrogens is 757 g/mol. The standard InChI is InChI=1S/C20H25ClFNO2S.C17H19ClFNO5S/c21-19-23-17(15-26-19)20(22,18(24)25)14-10-5-3-1-2-4-7-11-16-12-8-6-9-13-16;18-16-20-14(11-26-16)17(19,15(21)22)12-25-9-7-23-6-8-24-10-13-4-2-1-3-5-13/h6,8-9,12-13,15H,1-5,7,10-11,14H2,(H,24,25);1-5,11H,6-10,12H2,(H,21,22). The lowest BCUT2D eigenvalue weighted by molar-refractivity contribution is -0.157. The average Bonchev–Trinajstić information content (AvgIpc) is 3.79. The molecule has 2 aromatic carbocycles. The Hall–Kier alpha value is -3.04. The number of hydrogen-bond acceptors (Lipinski definition) is 9. The van der Waals surface area contributed by atoms with Gasteiger partial charge < -0.3 is 24.4 Å². The first kappa shape index (κ1) is 43.4. The second kappa shape index (κ2) is 23.6. The van der Waals surface area contributed by atoms with Crippen molar-refractivity contribution >= 4 is 57.8 Å². The highest BCUT2D eigenvalue weighted by molar-refractivity contribution is 7.14. The van der Waals surface area contributed by atoms with Gasteiger partial charge >= 0.3 is 11.9 Å². The number of aryl methyl sites for hydroxylation is 1. The number of rotatable bonds is 24. The van der Waals surface area contributed by atoms with E-state index in [0.717, 1.165) is 60.3 Å². The number of aliphatic carboxylic acids is 2. The van der Waals surface area contributed by atoms with Gasteiger partial charge in [-0.25, -0.2) is 28.3 Å². The highest BCUT2D eigenvalue weighted by Crippen LogP contribution is 2.34. The molecule has 2 N–H and O–H groups in total. The van der Waals surface area contributed by atoms with Crippen LogP contribution in [0.15, 0.2) is 71.4 Å². The number of benzene rings is 2. The zero-order chi connectivity index (χ0) is 37.7.